The Morgan fingerprint density at radius 3 is 2.70 bits per heavy atom. The average Bonchev–Trinajstić information content (AvgIpc) is 3.59. The van der Waals surface area contributed by atoms with Crippen LogP contribution in [0.25, 0.3) is 28.0 Å². The summed E-state index contributed by atoms with van der Waals surface area (Å²) < 4.78 is 16.5. The molecule has 0 unspecified atom stereocenters. The van der Waals surface area contributed by atoms with Gasteiger partial charge in [-0.1, -0.05) is 23.7 Å². The van der Waals surface area contributed by atoms with Crippen LogP contribution in [-0.2, 0) is 6.42 Å². The molecular formula is C29H31ClFN7OS. The minimum Gasteiger partial charge on any atom is -0.361 e. The van der Waals surface area contributed by atoms with Crippen LogP contribution in [0.5, 0.6) is 0 Å². The van der Waals surface area contributed by atoms with Crippen molar-refractivity contribution in [3.8, 4) is 16.9 Å². The van der Waals surface area contributed by atoms with Crippen molar-refractivity contribution < 1.29 is 4.39 Å². The Bertz CT molecular complexity index is 1650. The van der Waals surface area contributed by atoms with Gasteiger partial charge in [0.05, 0.1) is 16.4 Å². The number of nitrogens with zero attached hydrogens (tertiary/aromatic N) is 3. The van der Waals surface area contributed by atoms with Crippen LogP contribution >= 0.6 is 22.9 Å². The highest BCUT2D eigenvalue weighted by molar-refractivity contribution is 7.13. The number of aromatic nitrogens is 4. The van der Waals surface area contributed by atoms with E-state index in [1.54, 1.807) is 41.9 Å². The molecule has 0 bridgehead atoms. The predicted molar refractivity (Wildman–Crippen MR) is 161 cm³/mol. The molecule has 0 amide bonds. The first kappa shape index (κ1) is 28.0. The minimum absolute atomic E-state index is 0.0526. The summed E-state index contributed by atoms with van der Waals surface area (Å²) in [6.45, 7) is 2.67. The van der Waals surface area contributed by atoms with Crippen molar-refractivity contribution in [1.82, 2.24) is 19.5 Å². The minimum atomic E-state index is -0.520. The molecule has 2 aromatic carbocycles. The number of fused-ring (bicyclic) bond motifs is 1. The molecule has 0 spiro atoms. The highest BCUT2D eigenvalue weighted by atomic mass is 35.5. The van der Waals surface area contributed by atoms with Crippen molar-refractivity contribution in [3.05, 3.63) is 92.7 Å². The average molecular weight is 580 g/mol. The van der Waals surface area contributed by atoms with Gasteiger partial charge in [-0.15, -0.1) is 11.3 Å². The van der Waals surface area contributed by atoms with E-state index < -0.39 is 11.5 Å². The molecule has 3 heterocycles. The number of nitrogens with two attached hydrogens (primary N) is 2. The van der Waals surface area contributed by atoms with Gasteiger partial charge in [0.2, 0.25) is 0 Å². The number of H-pyrrole nitrogens is 1. The van der Waals surface area contributed by atoms with Gasteiger partial charge in [-0.2, -0.15) is 4.98 Å². The molecule has 0 aliphatic carbocycles. The van der Waals surface area contributed by atoms with Crippen molar-refractivity contribution in [2.75, 3.05) is 11.9 Å². The van der Waals surface area contributed by atoms with E-state index in [1.165, 1.54) is 4.57 Å². The lowest BCUT2D eigenvalue weighted by molar-refractivity contribution is 0.618. The fraction of sp³-hybridized carbons (Fsp3) is 0.276. The number of hydrogen-bond acceptors (Lipinski definition) is 7. The van der Waals surface area contributed by atoms with Crippen LogP contribution < -0.4 is 22.5 Å². The van der Waals surface area contributed by atoms with Crippen LogP contribution in [0.1, 0.15) is 43.4 Å². The number of hydrogen-bond donors (Lipinski definition) is 4. The summed E-state index contributed by atoms with van der Waals surface area (Å²) in [5.41, 5.74) is 15.5. The fourth-order valence-corrected chi connectivity index (χ4v) is 5.43. The lowest BCUT2D eigenvalue weighted by Crippen LogP contribution is -2.20. The van der Waals surface area contributed by atoms with Gasteiger partial charge in [0.1, 0.15) is 5.65 Å². The zero-order valence-electron chi connectivity index (χ0n) is 22.0. The number of anilines is 1. The van der Waals surface area contributed by atoms with E-state index in [2.05, 4.69) is 20.3 Å². The summed E-state index contributed by atoms with van der Waals surface area (Å²) in [5, 5.41) is 6.77. The van der Waals surface area contributed by atoms with Gasteiger partial charge in [-0.25, -0.2) is 14.2 Å². The lowest BCUT2D eigenvalue weighted by atomic mass is 10.0. The summed E-state index contributed by atoms with van der Waals surface area (Å²) in [6, 6.07) is 12.7. The van der Waals surface area contributed by atoms with Gasteiger partial charge in [0.25, 0.3) is 0 Å². The van der Waals surface area contributed by atoms with E-state index in [0.717, 1.165) is 41.9 Å². The van der Waals surface area contributed by atoms with Crippen molar-refractivity contribution in [3.63, 3.8) is 0 Å². The third-order valence-electron chi connectivity index (χ3n) is 6.77. The number of halogens is 2. The number of thiazole rings is 1. The molecule has 2 atom stereocenters. The van der Waals surface area contributed by atoms with Gasteiger partial charge >= 0.3 is 5.69 Å². The van der Waals surface area contributed by atoms with E-state index in [-0.39, 0.29) is 17.1 Å². The quantitative estimate of drug-likeness (QED) is 0.156. The first-order valence-corrected chi connectivity index (χ1v) is 14.4. The van der Waals surface area contributed by atoms with E-state index in [9.17, 15) is 4.79 Å². The van der Waals surface area contributed by atoms with Crippen LogP contribution in [-0.4, -0.2) is 32.1 Å². The second kappa shape index (κ2) is 12.3. The number of aryl methyl sites for hydroxylation is 1. The van der Waals surface area contributed by atoms with Crippen LogP contribution in [0.4, 0.5) is 9.52 Å². The Labute approximate surface area is 240 Å². The fourth-order valence-electron chi connectivity index (χ4n) is 4.63. The molecule has 0 radical (unpaired) electrons. The SMILES string of the molecule is C[C@H](N)CCCc1cc(Cl)c(F)c(-c2cc3cn(-c4ccc([C@@H](N)CCNc5nccs5)cc4)c(=O)nc3[nH]2)c1. The molecule has 5 rings (SSSR count). The summed E-state index contributed by atoms with van der Waals surface area (Å²) in [6.07, 6.45) is 6.66. The first-order valence-electron chi connectivity index (χ1n) is 13.1. The maximum Gasteiger partial charge on any atom is 0.354 e. The molecule has 6 N–H and O–H groups in total. The van der Waals surface area contributed by atoms with Crippen molar-refractivity contribution in [2.24, 2.45) is 11.5 Å². The van der Waals surface area contributed by atoms with E-state index in [1.807, 2.05) is 36.6 Å². The van der Waals surface area contributed by atoms with Crippen LogP contribution in [0.15, 0.2) is 65.0 Å². The Morgan fingerprint density at radius 1 is 1.18 bits per heavy atom. The molecule has 0 fully saturated rings. The maximum atomic E-state index is 15.0. The van der Waals surface area contributed by atoms with Crippen molar-refractivity contribution >= 4 is 39.1 Å². The molecule has 40 heavy (non-hydrogen) atoms. The van der Waals surface area contributed by atoms with E-state index >= 15 is 4.39 Å². The molecule has 8 nitrogen and oxygen atoms in total. The summed E-state index contributed by atoms with van der Waals surface area (Å²) in [7, 11) is 0. The largest absolute Gasteiger partial charge is 0.361 e. The zero-order valence-corrected chi connectivity index (χ0v) is 23.6. The van der Waals surface area contributed by atoms with E-state index in [0.29, 0.717) is 34.5 Å². The topological polar surface area (TPSA) is 128 Å². The van der Waals surface area contributed by atoms with Gasteiger partial charge in [-0.05, 0) is 74.1 Å². The maximum absolute atomic E-state index is 15.0. The normalized spacial score (nSPS) is 13.0. The Balaban J connectivity index is 1.35. The first-order chi connectivity index (χ1) is 19.3. The third kappa shape index (κ3) is 6.42. The number of rotatable bonds is 11. The zero-order chi connectivity index (χ0) is 28.2. The Morgan fingerprint density at radius 2 is 1.98 bits per heavy atom. The molecule has 0 saturated heterocycles. The highest BCUT2D eigenvalue weighted by Gasteiger charge is 2.16. The van der Waals surface area contributed by atoms with Gasteiger partial charge in [-0.3, -0.25) is 4.57 Å². The Kier molecular flexibility index (Phi) is 8.60. The summed E-state index contributed by atoms with van der Waals surface area (Å²) >= 11 is 7.77. The molecule has 0 aliphatic rings. The number of aromatic amines is 1. The van der Waals surface area contributed by atoms with Crippen LogP contribution in [0.2, 0.25) is 5.02 Å². The number of benzene rings is 2. The molecule has 0 aliphatic heterocycles. The van der Waals surface area contributed by atoms with Crippen LogP contribution in [0.3, 0.4) is 0 Å². The van der Waals surface area contributed by atoms with Crippen LogP contribution in [0, 0.1) is 5.82 Å². The predicted octanol–water partition coefficient (Wildman–Crippen LogP) is 5.80. The standard InChI is InChI=1S/C29H31ClFN7OS/c1-17(32)3-2-4-18-13-22(26(31)23(30)14-18)25-15-20-16-38(29(39)37-27(20)36-25)21-7-5-19(6-8-21)24(33)9-10-34-28-35-11-12-40-28/h5-8,11-17,24H,2-4,9-10,32-33H2,1H3,(H,34,35)(H,36,37,39)/t17-,24-/m0/s1. The second-order valence-electron chi connectivity index (χ2n) is 9.94. The van der Waals surface area contributed by atoms with Crippen molar-refractivity contribution in [1.29, 1.82) is 0 Å². The lowest BCUT2D eigenvalue weighted by Gasteiger charge is -2.13. The smallest absolute Gasteiger partial charge is 0.354 e. The molecule has 3 aromatic heterocycles. The molecule has 5 aromatic rings. The second-order valence-corrected chi connectivity index (χ2v) is 11.2. The number of nitrogens with one attached hydrogen (secondary N) is 2. The highest BCUT2D eigenvalue weighted by Crippen LogP contribution is 2.31. The van der Waals surface area contributed by atoms with Gasteiger partial charge < -0.3 is 21.8 Å². The third-order valence-corrected chi connectivity index (χ3v) is 7.78. The molecular weight excluding hydrogens is 549 g/mol. The van der Waals surface area contributed by atoms with Crippen molar-refractivity contribution in [2.45, 2.75) is 44.7 Å². The Hall–Kier alpha value is -3.57. The molecule has 0 saturated carbocycles. The molecule has 208 valence electrons. The van der Waals surface area contributed by atoms with Gasteiger partial charge in [0, 0.05) is 47.4 Å². The summed E-state index contributed by atoms with van der Waals surface area (Å²) in [4.78, 5) is 24.4. The molecule has 11 heteroatoms. The van der Waals surface area contributed by atoms with E-state index in [4.69, 9.17) is 23.1 Å². The summed E-state index contributed by atoms with van der Waals surface area (Å²) in [5.74, 6) is -0.520. The monoisotopic (exact) mass is 579 g/mol. The van der Waals surface area contributed by atoms with Gasteiger partial charge in [0.15, 0.2) is 10.9 Å².